The molecule has 0 unspecified atom stereocenters. The number of carbonyl (C=O) groups is 3. The summed E-state index contributed by atoms with van der Waals surface area (Å²) in [5.41, 5.74) is 3.18. The predicted molar refractivity (Wildman–Crippen MR) is 162 cm³/mol. The lowest BCUT2D eigenvalue weighted by atomic mass is 10.0. The maximum atomic E-state index is 14.2. The first-order chi connectivity index (χ1) is 19.5. The van der Waals surface area contributed by atoms with E-state index in [0.29, 0.717) is 18.5 Å². The van der Waals surface area contributed by atoms with E-state index in [9.17, 15) is 14.4 Å². The van der Waals surface area contributed by atoms with Gasteiger partial charge in [0, 0.05) is 34.9 Å². The van der Waals surface area contributed by atoms with Crippen molar-refractivity contribution in [2.24, 2.45) is 0 Å². The highest BCUT2D eigenvalue weighted by Crippen LogP contribution is 2.37. The van der Waals surface area contributed by atoms with E-state index in [1.54, 1.807) is 15.9 Å². The highest BCUT2D eigenvalue weighted by Gasteiger charge is 2.35. The minimum Gasteiger partial charge on any atom is -0.354 e. The van der Waals surface area contributed by atoms with Crippen LogP contribution in [0.4, 0.5) is 5.69 Å². The minimum atomic E-state index is -0.744. The van der Waals surface area contributed by atoms with Crippen LogP contribution in [-0.4, -0.2) is 41.8 Å². The molecule has 0 radical (unpaired) electrons. The van der Waals surface area contributed by atoms with Crippen LogP contribution < -0.4 is 10.2 Å². The normalized spacial score (nSPS) is 12.9. The standard InChI is InChI=1S/C33H32BrN3O3/c1-2-3-19-35-32(39)29(20-23-9-5-4-6-10-23)36(21-24-15-17-26(34)18-16-24)30(38)22-37-28-14-8-12-25-11-7-13-27(31(25)28)33(37)40/h4-18,29H,2-3,19-22H2,1H3,(H,35,39)/t29-/m0/s1. The van der Waals surface area contributed by atoms with Gasteiger partial charge in [-0.05, 0) is 47.2 Å². The van der Waals surface area contributed by atoms with Crippen LogP contribution in [0.2, 0.25) is 0 Å². The summed E-state index contributed by atoms with van der Waals surface area (Å²) in [4.78, 5) is 44.5. The van der Waals surface area contributed by atoms with E-state index in [2.05, 4.69) is 28.2 Å². The van der Waals surface area contributed by atoms with Gasteiger partial charge in [-0.15, -0.1) is 0 Å². The lowest BCUT2D eigenvalue weighted by Gasteiger charge is -2.33. The van der Waals surface area contributed by atoms with Crippen molar-refractivity contribution >= 4 is 50.1 Å². The molecule has 0 spiro atoms. The maximum absolute atomic E-state index is 14.2. The van der Waals surface area contributed by atoms with Crippen molar-refractivity contribution in [2.45, 2.75) is 38.8 Å². The Kier molecular flexibility index (Phi) is 8.60. The van der Waals surface area contributed by atoms with Crippen LogP contribution >= 0.6 is 15.9 Å². The zero-order valence-electron chi connectivity index (χ0n) is 22.5. The van der Waals surface area contributed by atoms with Crippen molar-refractivity contribution in [2.75, 3.05) is 18.0 Å². The number of nitrogens with one attached hydrogen (secondary N) is 1. The number of hydrogen-bond donors (Lipinski definition) is 1. The van der Waals surface area contributed by atoms with E-state index in [4.69, 9.17) is 0 Å². The second kappa shape index (κ2) is 12.5. The van der Waals surface area contributed by atoms with Crippen molar-refractivity contribution in [3.63, 3.8) is 0 Å². The molecule has 4 aromatic carbocycles. The average Bonchev–Trinajstić information content (AvgIpc) is 3.24. The zero-order valence-corrected chi connectivity index (χ0v) is 24.1. The molecule has 1 aliphatic rings. The molecule has 0 saturated carbocycles. The van der Waals surface area contributed by atoms with E-state index in [-0.39, 0.29) is 30.8 Å². The molecule has 0 bridgehead atoms. The van der Waals surface area contributed by atoms with E-state index < -0.39 is 6.04 Å². The molecule has 3 amide bonds. The first kappa shape index (κ1) is 27.6. The third kappa shape index (κ3) is 5.94. The zero-order chi connectivity index (χ0) is 28.1. The second-order valence-corrected chi connectivity index (χ2v) is 11.0. The van der Waals surface area contributed by atoms with Gasteiger partial charge in [-0.2, -0.15) is 0 Å². The largest absolute Gasteiger partial charge is 0.354 e. The second-order valence-electron chi connectivity index (χ2n) is 10.1. The number of benzene rings is 4. The molecule has 204 valence electrons. The highest BCUT2D eigenvalue weighted by molar-refractivity contribution is 9.10. The topological polar surface area (TPSA) is 69.7 Å². The average molecular weight is 599 g/mol. The molecule has 5 rings (SSSR count). The summed E-state index contributed by atoms with van der Waals surface area (Å²) >= 11 is 3.48. The van der Waals surface area contributed by atoms with Gasteiger partial charge in [-0.1, -0.05) is 96.0 Å². The highest BCUT2D eigenvalue weighted by atomic mass is 79.9. The van der Waals surface area contributed by atoms with Gasteiger partial charge in [-0.25, -0.2) is 0 Å². The number of halogens is 1. The molecule has 4 aromatic rings. The first-order valence-corrected chi connectivity index (χ1v) is 14.4. The van der Waals surface area contributed by atoms with Gasteiger partial charge in [0.1, 0.15) is 12.6 Å². The predicted octanol–water partition coefficient (Wildman–Crippen LogP) is 6.12. The van der Waals surface area contributed by atoms with E-state index in [0.717, 1.165) is 44.9 Å². The Bertz CT molecular complexity index is 1520. The van der Waals surface area contributed by atoms with Gasteiger partial charge in [-0.3, -0.25) is 19.3 Å². The molecule has 6 nitrogen and oxygen atoms in total. The minimum absolute atomic E-state index is 0.156. The van der Waals surface area contributed by atoms with Gasteiger partial charge in [0.05, 0.1) is 5.69 Å². The Morgan fingerprint density at radius 2 is 1.62 bits per heavy atom. The Morgan fingerprint density at radius 1 is 0.900 bits per heavy atom. The van der Waals surface area contributed by atoms with Crippen molar-refractivity contribution < 1.29 is 14.4 Å². The molecule has 1 heterocycles. The van der Waals surface area contributed by atoms with Gasteiger partial charge < -0.3 is 10.2 Å². The van der Waals surface area contributed by atoms with E-state index >= 15 is 0 Å². The molecule has 1 aliphatic heterocycles. The molecule has 0 saturated heterocycles. The number of unbranched alkanes of at least 4 members (excludes halogenated alkanes) is 1. The summed E-state index contributed by atoms with van der Waals surface area (Å²) in [5, 5.41) is 4.87. The first-order valence-electron chi connectivity index (χ1n) is 13.7. The summed E-state index contributed by atoms with van der Waals surface area (Å²) in [7, 11) is 0. The Balaban J connectivity index is 1.49. The fourth-order valence-corrected chi connectivity index (χ4v) is 5.47. The van der Waals surface area contributed by atoms with Crippen molar-refractivity contribution in [1.29, 1.82) is 0 Å². The third-order valence-electron chi connectivity index (χ3n) is 7.31. The SMILES string of the molecule is CCCCNC(=O)[C@H](Cc1ccccc1)N(Cc1ccc(Br)cc1)C(=O)CN1C(=O)c2cccc3cccc1c23. The molecule has 1 atom stereocenters. The Morgan fingerprint density at radius 3 is 2.35 bits per heavy atom. The van der Waals surface area contributed by atoms with E-state index in [1.807, 2.05) is 84.9 Å². The number of carbonyl (C=O) groups excluding carboxylic acids is 3. The van der Waals surface area contributed by atoms with Crippen LogP contribution in [0.1, 0.15) is 41.3 Å². The van der Waals surface area contributed by atoms with Crippen LogP contribution in [0.25, 0.3) is 10.8 Å². The van der Waals surface area contributed by atoms with Crippen LogP contribution in [-0.2, 0) is 22.6 Å². The summed E-state index contributed by atoms with van der Waals surface area (Å²) in [6, 6.07) is 28.1. The van der Waals surface area contributed by atoms with Crippen molar-refractivity contribution in [1.82, 2.24) is 10.2 Å². The molecule has 0 fully saturated rings. The molecule has 0 aliphatic carbocycles. The molecular formula is C33H32BrN3O3. The van der Waals surface area contributed by atoms with Crippen molar-refractivity contribution in [3.05, 3.63) is 112 Å². The smallest absolute Gasteiger partial charge is 0.259 e. The molecule has 0 aromatic heterocycles. The Hall–Kier alpha value is -3.97. The molecule has 40 heavy (non-hydrogen) atoms. The lowest BCUT2D eigenvalue weighted by Crippen LogP contribution is -2.53. The summed E-state index contributed by atoms with van der Waals surface area (Å²) in [6.45, 7) is 2.70. The quantitative estimate of drug-likeness (QED) is 0.212. The number of hydrogen-bond acceptors (Lipinski definition) is 3. The van der Waals surface area contributed by atoms with Gasteiger partial charge in [0.15, 0.2) is 0 Å². The molecule has 7 heteroatoms. The monoisotopic (exact) mass is 597 g/mol. The van der Waals surface area contributed by atoms with E-state index in [1.165, 1.54) is 0 Å². The molecule has 1 N–H and O–H groups in total. The van der Waals surface area contributed by atoms with Crippen LogP contribution in [0.5, 0.6) is 0 Å². The number of amides is 3. The summed E-state index contributed by atoms with van der Waals surface area (Å²) < 4.78 is 0.931. The number of rotatable bonds is 11. The Labute approximate surface area is 243 Å². The summed E-state index contributed by atoms with van der Waals surface area (Å²) in [5.74, 6) is -0.677. The number of anilines is 1. The fourth-order valence-electron chi connectivity index (χ4n) is 5.21. The van der Waals surface area contributed by atoms with Crippen LogP contribution in [0, 0.1) is 0 Å². The maximum Gasteiger partial charge on any atom is 0.259 e. The van der Waals surface area contributed by atoms with Gasteiger partial charge in [0.2, 0.25) is 11.8 Å². The van der Waals surface area contributed by atoms with Crippen molar-refractivity contribution in [3.8, 4) is 0 Å². The van der Waals surface area contributed by atoms with Gasteiger partial charge >= 0.3 is 0 Å². The van der Waals surface area contributed by atoms with Gasteiger partial charge in [0.25, 0.3) is 5.91 Å². The van der Waals surface area contributed by atoms with Crippen LogP contribution in [0.3, 0.4) is 0 Å². The lowest BCUT2D eigenvalue weighted by molar-refractivity contribution is -0.140. The fraction of sp³-hybridized carbons (Fsp3) is 0.242. The van der Waals surface area contributed by atoms with Crippen LogP contribution in [0.15, 0.2) is 95.5 Å². The molecular weight excluding hydrogens is 566 g/mol. The third-order valence-corrected chi connectivity index (χ3v) is 7.84. The summed E-state index contributed by atoms with van der Waals surface area (Å²) in [6.07, 6.45) is 2.17. The number of nitrogens with zero attached hydrogens (tertiary/aromatic N) is 2.